The molecule has 0 aliphatic carbocycles. The SMILES string of the molecule is CCCN(OCC)C(=O)C1=Cc2c(CCCCCNC(=O)CCOCCOCCOCCOCCOCCOCCOCCOCCOCCOCCNC(=O)CN3C(=O)C=CC3=O)cc(S(=O)(=O)O)cc2N=C(N)C1. The Labute approximate surface area is 446 Å². The van der Waals surface area contributed by atoms with Crippen LogP contribution >= 0.6 is 0 Å². The van der Waals surface area contributed by atoms with Gasteiger partial charge >= 0.3 is 0 Å². The molecule has 76 heavy (non-hydrogen) atoms. The van der Waals surface area contributed by atoms with E-state index in [1.807, 2.05) is 6.92 Å². The molecule has 2 aliphatic heterocycles. The number of amides is 5. The predicted molar refractivity (Wildman–Crippen MR) is 276 cm³/mol. The molecule has 5 amide bonds. The van der Waals surface area contributed by atoms with Gasteiger partial charge in [0.2, 0.25) is 11.8 Å². The first kappa shape index (κ1) is 65.5. The molecule has 5 N–H and O–H groups in total. The molecule has 0 aromatic heterocycles. The van der Waals surface area contributed by atoms with E-state index in [0.29, 0.717) is 187 Å². The molecule has 3 rings (SSSR count). The number of unbranched alkanes of at least 4 members (excludes halogenated alkanes) is 2. The number of hydrogen-bond acceptors (Lipinski definition) is 20. The van der Waals surface area contributed by atoms with Crippen molar-refractivity contribution in [3.8, 4) is 0 Å². The van der Waals surface area contributed by atoms with Gasteiger partial charge < -0.3 is 63.7 Å². The third-order valence-corrected chi connectivity index (χ3v) is 11.6. The van der Waals surface area contributed by atoms with Gasteiger partial charge in [0.1, 0.15) is 12.4 Å². The molecule has 2 heterocycles. The molecule has 1 aromatic carbocycles. The lowest BCUT2D eigenvalue weighted by atomic mass is 9.97. The summed E-state index contributed by atoms with van der Waals surface area (Å²) in [4.78, 5) is 71.0. The predicted octanol–water partition coefficient (Wildman–Crippen LogP) is 1.33. The number of aryl methyl sites for hydroxylation is 1. The molecule has 0 saturated heterocycles. The van der Waals surface area contributed by atoms with Crippen LogP contribution < -0.4 is 16.4 Å². The fourth-order valence-electron chi connectivity index (χ4n) is 7.01. The van der Waals surface area contributed by atoms with Gasteiger partial charge in [-0.25, -0.2) is 10.1 Å². The largest absolute Gasteiger partial charge is 0.387 e. The maximum Gasteiger partial charge on any atom is 0.294 e. The van der Waals surface area contributed by atoms with E-state index in [9.17, 15) is 36.9 Å². The van der Waals surface area contributed by atoms with Crippen LogP contribution in [0.25, 0.3) is 6.08 Å². The van der Waals surface area contributed by atoms with Crippen LogP contribution in [-0.2, 0) is 92.7 Å². The fraction of sp³-hybridized carbons (Fsp3) is 0.680. The number of rotatable bonds is 47. The molecule has 430 valence electrons. The molecule has 0 saturated carbocycles. The summed E-state index contributed by atoms with van der Waals surface area (Å²) in [5.74, 6) is -1.82. The quantitative estimate of drug-likeness (QED) is 0.0310. The minimum Gasteiger partial charge on any atom is -0.387 e. The summed E-state index contributed by atoms with van der Waals surface area (Å²) in [6.45, 7) is 12.6. The van der Waals surface area contributed by atoms with Crippen LogP contribution in [-0.4, -0.2) is 223 Å². The average molecular weight is 1100 g/mol. The van der Waals surface area contributed by atoms with Crippen LogP contribution in [0, 0.1) is 0 Å². The Hall–Kier alpha value is -4.81. The summed E-state index contributed by atoms with van der Waals surface area (Å²) in [5, 5.41) is 6.76. The van der Waals surface area contributed by atoms with Crippen molar-refractivity contribution in [2.45, 2.75) is 63.7 Å². The van der Waals surface area contributed by atoms with Crippen LogP contribution in [0.4, 0.5) is 5.69 Å². The second kappa shape index (κ2) is 40.4. The van der Waals surface area contributed by atoms with Crippen molar-refractivity contribution in [1.29, 1.82) is 0 Å². The number of imide groups is 1. The van der Waals surface area contributed by atoms with E-state index >= 15 is 0 Å². The molecule has 0 bridgehead atoms. The van der Waals surface area contributed by atoms with Crippen LogP contribution in [0.1, 0.15) is 63.5 Å². The van der Waals surface area contributed by atoms with E-state index in [1.54, 1.807) is 13.0 Å². The summed E-state index contributed by atoms with van der Waals surface area (Å²) < 4.78 is 88.9. The molecule has 0 atom stereocenters. The van der Waals surface area contributed by atoms with Crippen LogP contribution in [0.5, 0.6) is 0 Å². The number of nitrogens with two attached hydrogens (primary N) is 1. The lowest BCUT2D eigenvalue weighted by molar-refractivity contribution is -0.180. The van der Waals surface area contributed by atoms with Gasteiger partial charge in [-0.1, -0.05) is 13.3 Å². The minimum atomic E-state index is -4.55. The maximum atomic E-state index is 13.4. The van der Waals surface area contributed by atoms with Crippen molar-refractivity contribution < 1.29 is 89.1 Å². The molecular formula is C50H80N6O19S. The molecule has 25 nitrogen and oxygen atoms in total. The van der Waals surface area contributed by atoms with Gasteiger partial charge in [0.05, 0.1) is 149 Å². The van der Waals surface area contributed by atoms with Gasteiger partial charge in [-0.3, -0.25) is 38.3 Å². The number of hydrogen-bond donors (Lipinski definition) is 4. The Morgan fingerprint density at radius 2 is 1.13 bits per heavy atom. The third-order valence-electron chi connectivity index (χ3n) is 10.7. The van der Waals surface area contributed by atoms with Crippen molar-refractivity contribution in [3.05, 3.63) is 41.0 Å². The maximum absolute atomic E-state index is 13.4. The second-order valence-corrected chi connectivity index (χ2v) is 18.2. The standard InChI is InChI=1S/C50H80N6O19S/c1-3-14-56(75-4-2)50(61)41-36-43-40(35-42(76(62,63)64)38-44(43)54-45(51)37-41)8-6-5-7-12-52-46(57)11-15-65-17-19-67-21-23-69-25-27-71-29-31-73-33-34-74-32-30-72-28-26-70-24-22-68-20-18-66-16-13-53-47(58)39-55-48(59)9-10-49(55)60/h9-10,35-36,38H,3-8,11-34,37,39H2,1-2H3,(H2,51,54)(H,52,57)(H,53,58)(H,62,63,64). The summed E-state index contributed by atoms with van der Waals surface area (Å²) in [5.41, 5.74) is 7.89. The zero-order chi connectivity index (χ0) is 55.1. The smallest absolute Gasteiger partial charge is 0.294 e. The minimum absolute atomic E-state index is 0.0424. The number of carbonyl (C=O) groups is 5. The van der Waals surface area contributed by atoms with Crippen molar-refractivity contribution >= 4 is 57.3 Å². The van der Waals surface area contributed by atoms with Gasteiger partial charge in [-0.15, -0.1) is 0 Å². The Balaban J connectivity index is 1.04. The summed E-state index contributed by atoms with van der Waals surface area (Å²) >= 11 is 0. The summed E-state index contributed by atoms with van der Waals surface area (Å²) in [6, 6.07) is 2.64. The number of ether oxygens (including phenoxy) is 10. The number of carbonyl (C=O) groups excluding carboxylic acids is 5. The fourth-order valence-corrected chi connectivity index (χ4v) is 7.56. The molecular weight excluding hydrogens is 1020 g/mol. The first-order valence-electron chi connectivity index (χ1n) is 25.8. The van der Waals surface area contributed by atoms with E-state index in [1.165, 1.54) is 17.2 Å². The number of nitrogens with one attached hydrogen (secondary N) is 2. The van der Waals surface area contributed by atoms with Crippen molar-refractivity contribution in [3.63, 3.8) is 0 Å². The number of fused-ring (bicyclic) bond motifs is 1. The highest BCUT2D eigenvalue weighted by atomic mass is 32.2. The van der Waals surface area contributed by atoms with Gasteiger partial charge in [-0.2, -0.15) is 8.42 Å². The van der Waals surface area contributed by atoms with Crippen LogP contribution in [0.2, 0.25) is 0 Å². The topological polar surface area (TPSA) is 310 Å². The van der Waals surface area contributed by atoms with E-state index in [2.05, 4.69) is 15.6 Å². The highest BCUT2D eigenvalue weighted by molar-refractivity contribution is 7.85. The zero-order valence-electron chi connectivity index (χ0n) is 44.1. The summed E-state index contributed by atoms with van der Waals surface area (Å²) in [7, 11) is -4.55. The highest BCUT2D eigenvalue weighted by Gasteiger charge is 2.26. The van der Waals surface area contributed by atoms with E-state index < -0.39 is 27.8 Å². The average Bonchev–Trinajstić information content (AvgIpc) is 3.58. The van der Waals surface area contributed by atoms with E-state index in [0.717, 1.165) is 17.1 Å². The highest BCUT2D eigenvalue weighted by Crippen LogP contribution is 2.34. The van der Waals surface area contributed by atoms with Gasteiger partial charge in [0, 0.05) is 55.8 Å². The third kappa shape index (κ3) is 29.1. The van der Waals surface area contributed by atoms with Crippen molar-refractivity contribution in [2.75, 3.05) is 165 Å². The van der Waals surface area contributed by atoms with Crippen LogP contribution in [0.15, 0.2) is 39.7 Å². The van der Waals surface area contributed by atoms with Crippen LogP contribution in [0.3, 0.4) is 0 Å². The first-order chi connectivity index (χ1) is 36.8. The number of hydroxylamine groups is 2. The molecule has 0 spiro atoms. The van der Waals surface area contributed by atoms with E-state index in [-0.39, 0.29) is 67.4 Å². The summed E-state index contributed by atoms with van der Waals surface area (Å²) in [6.07, 6.45) is 7.30. The van der Waals surface area contributed by atoms with E-state index in [4.69, 9.17) is 57.9 Å². The lowest BCUT2D eigenvalue weighted by Crippen LogP contribution is -2.41. The number of amidine groups is 1. The zero-order valence-corrected chi connectivity index (χ0v) is 45.0. The molecule has 2 aliphatic rings. The Kier molecular flexibility index (Phi) is 34.8. The van der Waals surface area contributed by atoms with Crippen molar-refractivity contribution in [2.24, 2.45) is 10.7 Å². The molecule has 26 heteroatoms. The van der Waals surface area contributed by atoms with Gasteiger partial charge in [0.15, 0.2) is 0 Å². The lowest BCUT2D eigenvalue weighted by Gasteiger charge is -2.21. The van der Waals surface area contributed by atoms with Gasteiger partial charge in [-0.05, 0) is 56.4 Å². The van der Waals surface area contributed by atoms with Gasteiger partial charge in [0.25, 0.3) is 27.8 Å². The number of nitrogens with zero attached hydrogens (tertiary/aromatic N) is 3. The Morgan fingerprint density at radius 1 is 0.658 bits per heavy atom. The second-order valence-electron chi connectivity index (χ2n) is 16.7. The Bertz CT molecular complexity index is 2070. The molecule has 1 aromatic rings. The molecule has 0 fully saturated rings. The number of benzene rings is 1. The molecule has 0 unspecified atom stereocenters. The number of aliphatic imine (C=N–C) groups is 1. The first-order valence-corrected chi connectivity index (χ1v) is 27.2. The molecule has 0 radical (unpaired) electrons. The monoisotopic (exact) mass is 1100 g/mol. The van der Waals surface area contributed by atoms with Crippen molar-refractivity contribution in [1.82, 2.24) is 20.6 Å². The normalized spacial score (nSPS) is 13.4. The Morgan fingerprint density at radius 3 is 1.61 bits per heavy atom.